The molecule has 0 saturated carbocycles. The number of nitrogens with zero attached hydrogens (tertiary/aromatic N) is 2. The third-order valence-corrected chi connectivity index (χ3v) is 6.21. The van der Waals surface area contributed by atoms with Crippen molar-refractivity contribution in [2.75, 3.05) is 12.4 Å². The molecule has 6 nitrogen and oxygen atoms in total. The topological polar surface area (TPSA) is 71.0 Å². The molecule has 8 heteroatoms. The van der Waals surface area contributed by atoms with Gasteiger partial charge in [0.1, 0.15) is 16.8 Å². The molecule has 1 aliphatic heterocycles. The Hall–Kier alpha value is -3.65. The molecule has 0 spiro atoms. The van der Waals surface area contributed by atoms with Crippen LogP contribution in [0.25, 0.3) is 0 Å². The van der Waals surface area contributed by atoms with Crippen LogP contribution in [0.4, 0.5) is 15.8 Å². The number of ether oxygens (including phenoxy) is 1. The Kier molecular flexibility index (Phi) is 7.04. The first-order valence-electron chi connectivity index (χ1n) is 10.3. The lowest BCUT2D eigenvalue weighted by atomic mass is 10.2. The second-order valence-corrected chi connectivity index (χ2v) is 8.53. The van der Waals surface area contributed by atoms with Gasteiger partial charge in [-0.05, 0) is 54.1 Å². The van der Waals surface area contributed by atoms with Crippen molar-refractivity contribution in [2.24, 2.45) is 4.99 Å². The predicted molar refractivity (Wildman–Crippen MR) is 128 cm³/mol. The summed E-state index contributed by atoms with van der Waals surface area (Å²) >= 11 is 1.24. The summed E-state index contributed by atoms with van der Waals surface area (Å²) in [6.07, 6.45) is 0.0294. The Bertz CT molecular complexity index is 1150. The Morgan fingerprint density at radius 1 is 1.09 bits per heavy atom. The van der Waals surface area contributed by atoms with E-state index in [0.717, 1.165) is 11.3 Å². The molecule has 168 valence electrons. The lowest BCUT2D eigenvalue weighted by molar-refractivity contribution is -0.129. The lowest BCUT2D eigenvalue weighted by Gasteiger charge is -2.32. The molecule has 1 atom stereocenters. The number of hydrogen-bond acceptors (Lipinski definition) is 5. The molecular formula is C25H22FN3O3S. The third-order valence-electron chi connectivity index (χ3n) is 5.02. The Morgan fingerprint density at radius 2 is 1.79 bits per heavy atom. The van der Waals surface area contributed by atoms with Crippen LogP contribution < -0.4 is 10.1 Å². The molecule has 1 N–H and O–H groups in total. The van der Waals surface area contributed by atoms with E-state index in [1.54, 1.807) is 12.0 Å². The van der Waals surface area contributed by atoms with Gasteiger partial charge >= 0.3 is 0 Å². The van der Waals surface area contributed by atoms with E-state index < -0.39 is 5.25 Å². The number of nitrogens with one attached hydrogen (secondary N) is 1. The van der Waals surface area contributed by atoms with E-state index in [2.05, 4.69) is 10.3 Å². The minimum Gasteiger partial charge on any atom is -0.497 e. The number of amides is 2. The first-order valence-corrected chi connectivity index (χ1v) is 11.2. The minimum absolute atomic E-state index is 0.0294. The van der Waals surface area contributed by atoms with E-state index in [9.17, 15) is 14.0 Å². The SMILES string of the molecule is COc1ccc(CN2C(=O)C[C@@H](C(=O)Nc3ccc(F)cc3)SC2=Nc2ccccc2)cc1. The van der Waals surface area contributed by atoms with E-state index in [0.29, 0.717) is 23.1 Å². The Balaban J connectivity index is 1.57. The summed E-state index contributed by atoms with van der Waals surface area (Å²) in [7, 11) is 1.60. The molecule has 33 heavy (non-hydrogen) atoms. The van der Waals surface area contributed by atoms with Crippen LogP contribution in [0.1, 0.15) is 12.0 Å². The number of anilines is 1. The maximum atomic E-state index is 13.2. The van der Waals surface area contributed by atoms with Gasteiger partial charge in [-0.15, -0.1) is 0 Å². The number of carbonyl (C=O) groups excluding carboxylic acids is 2. The first-order chi connectivity index (χ1) is 16.0. The number of methoxy groups -OCH3 is 1. The summed E-state index contributed by atoms with van der Waals surface area (Å²) in [5, 5.41) is 2.55. The third kappa shape index (κ3) is 5.78. The van der Waals surface area contributed by atoms with Crippen LogP contribution >= 0.6 is 11.8 Å². The van der Waals surface area contributed by atoms with Crippen LogP contribution in [-0.2, 0) is 16.1 Å². The van der Waals surface area contributed by atoms with Crippen LogP contribution in [0.2, 0.25) is 0 Å². The van der Waals surface area contributed by atoms with Crippen molar-refractivity contribution >= 4 is 40.1 Å². The highest BCUT2D eigenvalue weighted by molar-refractivity contribution is 8.15. The van der Waals surface area contributed by atoms with Gasteiger partial charge in [-0.1, -0.05) is 42.1 Å². The maximum absolute atomic E-state index is 13.2. The molecule has 0 radical (unpaired) electrons. The van der Waals surface area contributed by atoms with Crippen molar-refractivity contribution in [3.8, 4) is 5.75 Å². The highest BCUT2D eigenvalue weighted by Crippen LogP contribution is 2.31. The largest absolute Gasteiger partial charge is 0.497 e. The van der Waals surface area contributed by atoms with Crippen LogP contribution in [0.3, 0.4) is 0 Å². The van der Waals surface area contributed by atoms with Crippen LogP contribution in [0, 0.1) is 5.82 Å². The van der Waals surface area contributed by atoms with Gasteiger partial charge in [0.2, 0.25) is 11.8 Å². The van der Waals surface area contributed by atoms with E-state index in [1.807, 2.05) is 54.6 Å². The maximum Gasteiger partial charge on any atom is 0.238 e. The zero-order chi connectivity index (χ0) is 23.2. The van der Waals surface area contributed by atoms with E-state index in [-0.39, 0.29) is 24.1 Å². The van der Waals surface area contributed by atoms with Gasteiger partial charge in [0.05, 0.1) is 19.3 Å². The van der Waals surface area contributed by atoms with Gasteiger partial charge in [-0.2, -0.15) is 0 Å². The molecule has 2 amide bonds. The zero-order valence-electron chi connectivity index (χ0n) is 17.9. The minimum atomic E-state index is -0.655. The smallest absolute Gasteiger partial charge is 0.238 e. The molecule has 0 aromatic heterocycles. The molecule has 1 aliphatic rings. The van der Waals surface area contributed by atoms with Crippen LogP contribution in [0.5, 0.6) is 5.75 Å². The van der Waals surface area contributed by atoms with Crippen LogP contribution in [-0.4, -0.2) is 34.2 Å². The molecule has 0 bridgehead atoms. The molecule has 3 aromatic rings. The van der Waals surface area contributed by atoms with Gasteiger partial charge in [0, 0.05) is 12.1 Å². The number of para-hydroxylation sites is 1. The summed E-state index contributed by atoms with van der Waals surface area (Å²) in [4.78, 5) is 32.2. The quantitative estimate of drug-likeness (QED) is 0.559. The van der Waals surface area contributed by atoms with Crippen molar-refractivity contribution in [1.82, 2.24) is 4.90 Å². The summed E-state index contributed by atoms with van der Waals surface area (Å²) in [5.74, 6) is -0.182. The van der Waals surface area contributed by atoms with Crippen LogP contribution in [0.15, 0.2) is 83.9 Å². The second-order valence-electron chi connectivity index (χ2n) is 7.36. The zero-order valence-corrected chi connectivity index (χ0v) is 18.7. The van der Waals surface area contributed by atoms with Gasteiger partial charge in [-0.25, -0.2) is 9.38 Å². The Labute approximate surface area is 195 Å². The average Bonchev–Trinajstić information content (AvgIpc) is 2.83. The predicted octanol–water partition coefficient (Wildman–Crippen LogP) is 4.99. The molecule has 0 aliphatic carbocycles. The van der Waals surface area contributed by atoms with Gasteiger partial charge in [-0.3, -0.25) is 14.5 Å². The van der Waals surface area contributed by atoms with Gasteiger partial charge in [0.15, 0.2) is 5.17 Å². The monoisotopic (exact) mass is 463 g/mol. The van der Waals surface area contributed by atoms with Crippen molar-refractivity contribution in [3.63, 3.8) is 0 Å². The molecule has 0 unspecified atom stereocenters. The van der Waals surface area contributed by atoms with Gasteiger partial charge in [0.25, 0.3) is 0 Å². The molecule has 1 fully saturated rings. The Morgan fingerprint density at radius 3 is 2.45 bits per heavy atom. The number of thioether (sulfide) groups is 1. The highest BCUT2D eigenvalue weighted by Gasteiger charge is 2.36. The standard InChI is InChI=1S/C25H22FN3O3S/c1-32-21-13-7-17(8-14-21)16-29-23(30)15-22(24(31)27-20-11-9-18(26)10-12-20)33-25(29)28-19-5-3-2-4-6-19/h2-14,22H,15-16H2,1H3,(H,27,31)/t22-/m0/s1. The average molecular weight is 464 g/mol. The van der Waals surface area contributed by atoms with Crippen molar-refractivity contribution in [2.45, 2.75) is 18.2 Å². The van der Waals surface area contributed by atoms with Crippen molar-refractivity contribution in [1.29, 1.82) is 0 Å². The number of carbonyl (C=O) groups is 2. The number of hydrogen-bond donors (Lipinski definition) is 1. The van der Waals surface area contributed by atoms with Crippen molar-refractivity contribution < 1.29 is 18.7 Å². The number of rotatable bonds is 6. The summed E-state index contributed by atoms with van der Waals surface area (Å²) < 4.78 is 18.4. The lowest BCUT2D eigenvalue weighted by Crippen LogP contribution is -2.44. The van der Waals surface area contributed by atoms with Crippen molar-refractivity contribution in [3.05, 3.63) is 90.2 Å². The number of amidine groups is 1. The highest BCUT2D eigenvalue weighted by atomic mass is 32.2. The fourth-order valence-electron chi connectivity index (χ4n) is 3.28. The molecule has 1 heterocycles. The molecule has 3 aromatic carbocycles. The number of benzene rings is 3. The van der Waals surface area contributed by atoms with E-state index >= 15 is 0 Å². The molecular weight excluding hydrogens is 441 g/mol. The second kappa shape index (κ2) is 10.3. The number of halogens is 1. The fourth-order valence-corrected chi connectivity index (χ4v) is 4.38. The number of aliphatic imine (C=N–C) groups is 1. The molecule has 1 saturated heterocycles. The molecule has 4 rings (SSSR count). The van der Waals surface area contributed by atoms with E-state index in [4.69, 9.17) is 4.74 Å². The summed E-state index contributed by atoms with van der Waals surface area (Å²) in [5.41, 5.74) is 2.07. The van der Waals surface area contributed by atoms with Gasteiger partial charge < -0.3 is 10.1 Å². The fraction of sp³-hybridized carbons (Fsp3) is 0.160. The first kappa shape index (κ1) is 22.5. The normalized spacial score (nSPS) is 17.2. The summed E-state index contributed by atoms with van der Waals surface area (Å²) in [6.45, 7) is 0.327. The van der Waals surface area contributed by atoms with E-state index in [1.165, 1.54) is 36.0 Å². The summed E-state index contributed by atoms with van der Waals surface area (Å²) in [6, 6.07) is 22.3.